The molecule has 122 valence electrons. The lowest BCUT2D eigenvalue weighted by Crippen LogP contribution is -1.97. The Hall–Kier alpha value is -3.26. The Morgan fingerprint density at radius 3 is 2.42 bits per heavy atom. The van der Waals surface area contributed by atoms with Crippen LogP contribution >= 0.6 is 0 Å². The van der Waals surface area contributed by atoms with Crippen LogP contribution in [0.4, 0.5) is 0 Å². The Balaban J connectivity index is 2.08. The third-order valence-corrected chi connectivity index (χ3v) is 3.28. The molecule has 0 bridgehead atoms. The molecule has 0 saturated heterocycles. The predicted molar refractivity (Wildman–Crippen MR) is 90.5 cm³/mol. The van der Waals surface area contributed by atoms with Gasteiger partial charge < -0.3 is 14.2 Å². The number of benzene rings is 2. The lowest BCUT2D eigenvalue weighted by molar-refractivity contribution is 0.104. The molecule has 0 amide bonds. The molecule has 2 rings (SSSR count). The summed E-state index contributed by atoms with van der Waals surface area (Å²) in [4.78, 5) is 12.3. The van der Waals surface area contributed by atoms with Crippen LogP contribution in [0.15, 0.2) is 48.5 Å². The van der Waals surface area contributed by atoms with Crippen molar-refractivity contribution in [2.45, 2.75) is 0 Å². The van der Waals surface area contributed by atoms with Crippen molar-refractivity contribution in [3.05, 3.63) is 59.7 Å². The number of hydrogen-bond acceptors (Lipinski definition) is 5. The predicted octanol–water partition coefficient (Wildman–Crippen LogP) is 3.50. The molecule has 5 nitrogen and oxygen atoms in total. The molecule has 0 unspecified atom stereocenters. The van der Waals surface area contributed by atoms with E-state index in [1.807, 2.05) is 18.2 Å². The average molecular weight is 323 g/mol. The van der Waals surface area contributed by atoms with Crippen LogP contribution in [0.25, 0.3) is 6.08 Å². The normalized spacial score (nSPS) is 10.2. The number of ketones is 1. The van der Waals surface area contributed by atoms with Gasteiger partial charge in [0.1, 0.15) is 11.8 Å². The molecule has 0 N–H and O–H groups in total. The van der Waals surface area contributed by atoms with Crippen molar-refractivity contribution in [3.63, 3.8) is 0 Å². The third kappa shape index (κ3) is 4.37. The zero-order chi connectivity index (χ0) is 17.4. The zero-order valence-corrected chi connectivity index (χ0v) is 13.5. The zero-order valence-electron chi connectivity index (χ0n) is 13.5. The van der Waals surface area contributed by atoms with Gasteiger partial charge in [0, 0.05) is 5.56 Å². The Kier molecular flexibility index (Phi) is 5.98. The van der Waals surface area contributed by atoms with E-state index in [4.69, 9.17) is 19.5 Å². The van der Waals surface area contributed by atoms with Gasteiger partial charge in [-0.2, -0.15) is 5.26 Å². The summed E-state index contributed by atoms with van der Waals surface area (Å²) >= 11 is 0. The van der Waals surface area contributed by atoms with Gasteiger partial charge in [0.15, 0.2) is 23.9 Å². The number of methoxy groups -OCH3 is 2. The smallest absolute Gasteiger partial charge is 0.185 e. The Morgan fingerprint density at radius 2 is 1.79 bits per heavy atom. The van der Waals surface area contributed by atoms with E-state index in [9.17, 15) is 4.79 Å². The number of nitrogens with zero attached hydrogens (tertiary/aromatic N) is 1. The average Bonchev–Trinajstić information content (AvgIpc) is 2.64. The van der Waals surface area contributed by atoms with Gasteiger partial charge >= 0.3 is 0 Å². The Bertz CT molecular complexity index is 773. The van der Waals surface area contributed by atoms with Gasteiger partial charge in [-0.1, -0.05) is 18.2 Å². The summed E-state index contributed by atoms with van der Waals surface area (Å²) in [6, 6.07) is 14.0. The summed E-state index contributed by atoms with van der Waals surface area (Å²) in [5, 5.41) is 8.47. The van der Waals surface area contributed by atoms with Gasteiger partial charge in [0.05, 0.1) is 14.2 Å². The van der Waals surface area contributed by atoms with Crippen molar-refractivity contribution < 1.29 is 19.0 Å². The molecular weight excluding hydrogens is 306 g/mol. The first kappa shape index (κ1) is 17.1. The third-order valence-electron chi connectivity index (χ3n) is 3.28. The first-order chi connectivity index (χ1) is 11.7. The van der Waals surface area contributed by atoms with E-state index in [1.165, 1.54) is 13.2 Å². The molecule has 2 aromatic rings. The van der Waals surface area contributed by atoms with Gasteiger partial charge in [-0.3, -0.25) is 4.79 Å². The second-order valence-corrected chi connectivity index (χ2v) is 4.78. The molecule has 0 atom stereocenters. The SMILES string of the molecule is COc1ccc(C(=O)/C=C\c2ccc(OCC#N)cc2)cc1OC. The van der Waals surface area contributed by atoms with Crippen LogP contribution in [-0.4, -0.2) is 26.6 Å². The fourth-order valence-corrected chi connectivity index (χ4v) is 2.05. The van der Waals surface area contributed by atoms with Crippen LogP contribution < -0.4 is 14.2 Å². The van der Waals surface area contributed by atoms with E-state index in [2.05, 4.69) is 0 Å². The quantitative estimate of drug-likeness (QED) is 0.576. The summed E-state index contributed by atoms with van der Waals surface area (Å²) in [5.41, 5.74) is 1.37. The maximum Gasteiger partial charge on any atom is 0.185 e. The largest absolute Gasteiger partial charge is 0.493 e. The number of allylic oxidation sites excluding steroid dienone is 1. The fraction of sp³-hybridized carbons (Fsp3) is 0.158. The summed E-state index contributed by atoms with van der Waals surface area (Å²) in [6.07, 6.45) is 3.21. The number of hydrogen-bond donors (Lipinski definition) is 0. The van der Waals surface area contributed by atoms with Crippen LogP contribution in [0, 0.1) is 11.3 Å². The van der Waals surface area contributed by atoms with Crippen molar-refractivity contribution in [2.75, 3.05) is 20.8 Å². The second kappa shape index (κ2) is 8.39. The number of carbonyl (C=O) groups is 1. The minimum atomic E-state index is -0.138. The highest BCUT2D eigenvalue weighted by Gasteiger charge is 2.08. The van der Waals surface area contributed by atoms with Gasteiger partial charge in [-0.15, -0.1) is 0 Å². The van der Waals surface area contributed by atoms with Crippen molar-refractivity contribution in [1.82, 2.24) is 0 Å². The molecule has 0 aromatic heterocycles. The molecule has 5 heteroatoms. The van der Waals surface area contributed by atoms with E-state index in [0.29, 0.717) is 22.8 Å². The highest BCUT2D eigenvalue weighted by Crippen LogP contribution is 2.27. The van der Waals surface area contributed by atoms with E-state index >= 15 is 0 Å². The van der Waals surface area contributed by atoms with Gasteiger partial charge in [0.25, 0.3) is 0 Å². The van der Waals surface area contributed by atoms with Crippen LogP contribution in [0.2, 0.25) is 0 Å². The molecule has 0 aliphatic rings. The number of ether oxygens (including phenoxy) is 3. The molecule has 0 fully saturated rings. The summed E-state index contributed by atoms with van der Waals surface area (Å²) in [7, 11) is 3.07. The summed E-state index contributed by atoms with van der Waals surface area (Å²) in [5.74, 6) is 1.56. The highest BCUT2D eigenvalue weighted by molar-refractivity contribution is 6.07. The molecule has 0 radical (unpaired) electrons. The maximum absolute atomic E-state index is 12.3. The van der Waals surface area contributed by atoms with E-state index in [0.717, 1.165) is 5.56 Å². The molecule has 0 heterocycles. The monoisotopic (exact) mass is 323 g/mol. The molecule has 0 aliphatic heterocycles. The lowest BCUT2D eigenvalue weighted by Gasteiger charge is -2.08. The summed E-state index contributed by atoms with van der Waals surface area (Å²) in [6.45, 7) is 0.00692. The first-order valence-corrected chi connectivity index (χ1v) is 7.22. The van der Waals surface area contributed by atoms with Crippen molar-refractivity contribution in [2.24, 2.45) is 0 Å². The van der Waals surface area contributed by atoms with Gasteiger partial charge in [-0.05, 0) is 42.0 Å². The minimum absolute atomic E-state index is 0.00692. The van der Waals surface area contributed by atoms with E-state index < -0.39 is 0 Å². The van der Waals surface area contributed by atoms with Crippen molar-refractivity contribution in [1.29, 1.82) is 5.26 Å². The van der Waals surface area contributed by atoms with Gasteiger partial charge in [0.2, 0.25) is 0 Å². The van der Waals surface area contributed by atoms with Crippen molar-refractivity contribution in [3.8, 4) is 23.3 Å². The van der Waals surface area contributed by atoms with Crippen LogP contribution in [-0.2, 0) is 0 Å². The van der Waals surface area contributed by atoms with Crippen LogP contribution in [0.3, 0.4) is 0 Å². The molecule has 2 aromatic carbocycles. The number of rotatable bonds is 7. The molecule has 0 spiro atoms. The minimum Gasteiger partial charge on any atom is -0.493 e. The summed E-state index contributed by atoms with van der Waals surface area (Å²) < 4.78 is 15.5. The van der Waals surface area contributed by atoms with Crippen molar-refractivity contribution >= 4 is 11.9 Å². The molecule has 0 aliphatic carbocycles. The lowest BCUT2D eigenvalue weighted by atomic mass is 10.1. The molecular formula is C19H17NO4. The van der Waals surface area contributed by atoms with E-state index in [1.54, 1.807) is 43.5 Å². The maximum atomic E-state index is 12.3. The van der Waals surface area contributed by atoms with Gasteiger partial charge in [-0.25, -0.2) is 0 Å². The van der Waals surface area contributed by atoms with Crippen LogP contribution in [0.5, 0.6) is 17.2 Å². The first-order valence-electron chi connectivity index (χ1n) is 7.22. The fourth-order valence-electron chi connectivity index (χ4n) is 2.05. The highest BCUT2D eigenvalue weighted by atomic mass is 16.5. The topological polar surface area (TPSA) is 68.5 Å². The second-order valence-electron chi connectivity index (χ2n) is 4.78. The van der Waals surface area contributed by atoms with Crippen LogP contribution in [0.1, 0.15) is 15.9 Å². The molecule has 24 heavy (non-hydrogen) atoms. The number of nitriles is 1. The Morgan fingerprint density at radius 1 is 1.08 bits per heavy atom. The van der Waals surface area contributed by atoms with E-state index in [-0.39, 0.29) is 12.4 Å². The molecule has 0 saturated carbocycles. The standard InChI is InChI=1S/C19H17NO4/c1-22-18-10-6-15(13-19(18)23-2)17(21)9-5-14-3-7-16(8-4-14)24-12-11-20/h3-10,13H,12H2,1-2H3/b9-5-. The number of carbonyl (C=O) groups excluding carboxylic acids is 1. The Labute approximate surface area is 140 Å².